The first kappa shape index (κ1) is 20.4. The lowest BCUT2D eigenvalue weighted by Gasteiger charge is -2.36. The number of benzene rings is 1. The number of anilines is 1. The number of rotatable bonds is 5. The summed E-state index contributed by atoms with van der Waals surface area (Å²) in [5.74, 6) is 1.02. The number of piperidine rings is 1. The van der Waals surface area contributed by atoms with Crippen LogP contribution in [0.1, 0.15) is 26.7 Å². The van der Waals surface area contributed by atoms with Gasteiger partial charge in [-0.3, -0.25) is 4.79 Å². The molecule has 158 valence electrons. The summed E-state index contributed by atoms with van der Waals surface area (Å²) >= 11 is 0. The molecule has 1 fully saturated rings. The van der Waals surface area contributed by atoms with E-state index in [1.165, 1.54) is 0 Å². The Kier molecular flexibility index (Phi) is 5.51. The minimum Gasteiger partial charge on any atom is -0.317 e. The molecule has 1 aromatic carbocycles. The number of pyridine rings is 1. The number of fused-ring (bicyclic) bond motifs is 1. The molecular formula is C22H27FN6O. The van der Waals surface area contributed by atoms with Crippen LogP contribution in [0.2, 0.25) is 0 Å². The van der Waals surface area contributed by atoms with Crippen molar-refractivity contribution >= 4 is 22.5 Å². The van der Waals surface area contributed by atoms with Gasteiger partial charge < -0.3 is 14.8 Å². The first-order chi connectivity index (χ1) is 14.3. The van der Waals surface area contributed by atoms with Crippen LogP contribution in [-0.2, 0) is 11.8 Å². The van der Waals surface area contributed by atoms with Gasteiger partial charge in [-0.15, -0.1) is 10.2 Å². The topological polar surface area (TPSA) is 75.9 Å². The highest BCUT2D eigenvalue weighted by Crippen LogP contribution is 2.29. The number of amides is 1. The number of halogens is 1. The molecule has 2 aromatic heterocycles. The molecule has 0 atom stereocenters. The average Bonchev–Trinajstić information content (AvgIpc) is 3.15. The fourth-order valence-corrected chi connectivity index (χ4v) is 3.95. The number of nitrogens with one attached hydrogen (secondary N) is 1. The standard InChI is InChI=1S/C22H27FN6O/c1-15(2)13-29-8-6-22(23,7-9-29)21(30)26-19-11-18-10-16(4-5-17(18)12-24-19)20-27-25-14-28(20)3/h4-5,10-12,14-15H,6-9,13H2,1-3H3,(H,24,26,30). The number of hydrogen-bond donors (Lipinski definition) is 1. The zero-order chi connectivity index (χ0) is 21.3. The number of aromatic nitrogens is 4. The van der Waals surface area contributed by atoms with E-state index in [9.17, 15) is 4.79 Å². The van der Waals surface area contributed by atoms with Crippen molar-refractivity contribution in [3.05, 3.63) is 36.8 Å². The zero-order valence-corrected chi connectivity index (χ0v) is 17.6. The van der Waals surface area contributed by atoms with Gasteiger partial charge >= 0.3 is 0 Å². The summed E-state index contributed by atoms with van der Waals surface area (Å²) < 4.78 is 17.1. The second-order valence-electron chi connectivity index (χ2n) is 8.51. The van der Waals surface area contributed by atoms with Crippen molar-refractivity contribution in [3.8, 4) is 11.4 Å². The van der Waals surface area contributed by atoms with Gasteiger partial charge in [-0.05, 0) is 23.4 Å². The summed E-state index contributed by atoms with van der Waals surface area (Å²) in [6, 6.07) is 7.63. The third-order valence-corrected chi connectivity index (χ3v) is 5.61. The van der Waals surface area contributed by atoms with Crippen LogP contribution in [0.3, 0.4) is 0 Å². The summed E-state index contributed by atoms with van der Waals surface area (Å²) in [4.78, 5) is 19.2. The molecule has 3 heterocycles. The lowest BCUT2D eigenvalue weighted by atomic mass is 9.92. The zero-order valence-electron chi connectivity index (χ0n) is 17.6. The van der Waals surface area contributed by atoms with Gasteiger partial charge in [0.05, 0.1) is 0 Å². The van der Waals surface area contributed by atoms with Crippen molar-refractivity contribution in [1.82, 2.24) is 24.6 Å². The quantitative estimate of drug-likeness (QED) is 0.697. The number of carbonyl (C=O) groups excluding carboxylic acids is 1. The van der Waals surface area contributed by atoms with Crippen LogP contribution in [0.15, 0.2) is 36.8 Å². The molecule has 8 heteroatoms. The number of nitrogens with zero attached hydrogens (tertiary/aromatic N) is 5. The molecule has 0 unspecified atom stereocenters. The first-order valence-electron chi connectivity index (χ1n) is 10.3. The van der Waals surface area contributed by atoms with Gasteiger partial charge in [-0.1, -0.05) is 26.0 Å². The Labute approximate surface area is 175 Å². The molecule has 1 aliphatic heterocycles. The van der Waals surface area contributed by atoms with E-state index < -0.39 is 11.6 Å². The highest BCUT2D eigenvalue weighted by atomic mass is 19.1. The highest BCUT2D eigenvalue weighted by molar-refractivity contribution is 5.98. The van der Waals surface area contributed by atoms with Crippen LogP contribution >= 0.6 is 0 Å². The van der Waals surface area contributed by atoms with Crippen molar-refractivity contribution in [2.45, 2.75) is 32.4 Å². The summed E-state index contributed by atoms with van der Waals surface area (Å²) in [5, 5.41) is 12.6. The van der Waals surface area contributed by atoms with E-state index in [2.05, 4.69) is 39.2 Å². The molecule has 1 N–H and O–H groups in total. The van der Waals surface area contributed by atoms with Crippen molar-refractivity contribution in [1.29, 1.82) is 0 Å². The SMILES string of the molecule is CC(C)CN1CCC(F)(C(=O)Nc2cc3cc(-c4nncn4C)ccc3cn2)CC1. The average molecular weight is 410 g/mol. The van der Waals surface area contributed by atoms with Gasteiger partial charge in [0.2, 0.25) is 0 Å². The fraction of sp³-hybridized carbons (Fsp3) is 0.455. The Morgan fingerprint density at radius 1 is 1.23 bits per heavy atom. The van der Waals surface area contributed by atoms with Gasteiger partial charge in [0.25, 0.3) is 5.91 Å². The van der Waals surface area contributed by atoms with Crippen LogP contribution in [0, 0.1) is 5.92 Å². The lowest BCUT2D eigenvalue weighted by Crippen LogP contribution is -2.49. The molecular weight excluding hydrogens is 383 g/mol. The first-order valence-corrected chi connectivity index (χ1v) is 10.3. The van der Waals surface area contributed by atoms with Gasteiger partial charge in [-0.2, -0.15) is 0 Å². The largest absolute Gasteiger partial charge is 0.317 e. The summed E-state index contributed by atoms with van der Waals surface area (Å²) in [7, 11) is 1.88. The smallest absolute Gasteiger partial charge is 0.263 e. The molecule has 4 rings (SSSR count). The van der Waals surface area contributed by atoms with Crippen molar-refractivity contribution < 1.29 is 9.18 Å². The van der Waals surface area contributed by atoms with Crippen LogP contribution in [0.4, 0.5) is 10.2 Å². The van der Waals surface area contributed by atoms with E-state index >= 15 is 4.39 Å². The maximum absolute atomic E-state index is 15.3. The third kappa shape index (κ3) is 4.18. The molecule has 30 heavy (non-hydrogen) atoms. The van der Waals surface area contributed by atoms with Crippen LogP contribution in [0.25, 0.3) is 22.2 Å². The van der Waals surface area contributed by atoms with Crippen molar-refractivity contribution in [3.63, 3.8) is 0 Å². The number of likely N-dealkylation sites (tertiary alicyclic amines) is 1. The minimum atomic E-state index is -1.86. The Morgan fingerprint density at radius 3 is 2.67 bits per heavy atom. The maximum Gasteiger partial charge on any atom is 0.263 e. The summed E-state index contributed by atoms with van der Waals surface area (Å²) in [6.45, 7) is 6.40. The molecule has 0 spiro atoms. The number of hydrogen-bond acceptors (Lipinski definition) is 5. The Balaban J connectivity index is 1.49. The van der Waals surface area contributed by atoms with E-state index in [0.29, 0.717) is 24.8 Å². The summed E-state index contributed by atoms with van der Waals surface area (Å²) in [6.07, 6.45) is 3.73. The summed E-state index contributed by atoms with van der Waals surface area (Å²) in [5.41, 5.74) is -0.949. The van der Waals surface area contributed by atoms with Crippen molar-refractivity contribution in [2.24, 2.45) is 13.0 Å². The molecule has 0 aliphatic carbocycles. The molecule has 3 aromatic rings. The molecule has 0 bridgehead atoms. The minimum absolute atomic E-state index is 0.204. The maximum atomic E-state index is 15.3. The van der Waals surface area contributed by atoms with Gasteiger partial charge in [0, 0.05) is 56.7 Å². The van der Waals surface area contributed by atoms with E-state index in [0.717, 1.165) is 28.7 Å². The van der Waals surface area contributed by atoms with Gasteiger partial charge in [-0.25, -0.2) is 9.37 Å². The number of alkyl halides is 1. The van der Waals surface area contributed by atoms with Gasteiger partial charge in [0.15, 0.2) is 11.5 Å². The predicted octanol–water partition coefficient (Wildman–Crippen LogP) is 3.43. The molecule has 1 amide bonds. The van der Waals surface area contributed by atoms with E-state index in [1.54, 1.807) is 18.6 Å². The number of carbonyl (C=O) groups is 1. The monoisotopic (exact) mass is 410 g/mol. The molecule has 7 nitrogen and oxygen atoms in total. The van der Waals surface area contributed by atoms with Crippen LogP contribution < -0.4 is 5.32 Å². The Bertz CT molecular complexity index is 1050. The lowest BCUT2D eigenvalue weighted by molar-refractivity contribution is -0.130. The van der Waals surface area contributed by atoms with Crippen LogP contribution in [0.5, 0.6) is 0 Å². The molecule has 0 radical (unpaired) electrons. The van der Waals surface area contributed by atoms with Gasteiger partial charge in [0.1, 0.15) is 12.1 Å². The fourth-order valence-electron chi connectivity index (χ4n) is 3.95. The second-order valence-corrected chi connectivity index (χ2v) is 8.51. The van der Waals surface area contributed by atoms with E-state index in [1.807, 2.05) is 29.8 Å². The van der Waals surface area contributed by atoms with Crippen molar-refractivity contribution in [2.75, 3.05) is 25.0 Å². The number of aryl methyl sites for hydroxylation is 1. The normalized spacial score (nSPS) is 16.8. The van der Waals surface area contributed by atoms with Crippen LogP contribution in [-0.4, -0.2) is 55.9 Å². The Hall–Kier alpha value is -2.87. The molecule has 1 aliphatic rings. The third-order valence-electron chi connectivity index (χ3n) is 5.61. The van der Waals surface area contributed by atoms with E-state index in [4.69, 9.17) is 0 Å². The molecule has 1 saturated heterocycles. The van der Waals surface area contributed by atoms with E-state index in [-0.39, 0.29) is 12.8 Å². The highest BCUT2D eigenvalue weighted by Gasteiger charge is 2.41. The predicted molar refractivity (Wildman–Crippen MR) is 115 cm³/mol. The second kappa shape index (κ2) is 8.10. The Morgan fingerprint density at radius 2 is 2.00 bits per heavy atom. The molecule has 0 saturated carbocycles.